The van der Waals surface area contributed by atoms with Gasteiger partial charge in [-0.25, -0.2) is 4.98 Å². The van der Waals surface area contributed by atoms with E-state index in [1.165, 1.54) is 29.1 Å². The van der Waals surface area contributed by atoms with Crippen molar-refractivity contribution in [3.63, 3.8) is 0 Å². The zero-order valence-electron chi connectivity index (χ0n) is 13.3. The molecule has 0 fully saturated rings. The molecule has 4 rings (SSSR count). The van der Waals surface area contributed by atoms with Crippen LogP contribution in [0.2, 0.25) is 0 Å². The molecule has 7 heteroatoms. The van der Waals surface area contributed by atoms with Gasteiger partial charge in [0.15, 0.2) is 0 Å². The van der Waals surface area contributed by atoms with E-state index in [9.17, 15) is 15.0 Å². The molecule has 0 spiro atoms. The summed E-state index contributed by atoms with van der Waals surface area (Å²) in [5, 5.41) is 24.2. The fourth-order valence-corrected chi connectivity index (χ4v) is 2.76. The monoisotopic (exact) mass is 334 g/mol. The number of aromatic hydroxyl groups is 2. The first-order valence-electron chi connectivity index (χ1n) is 7.61. The van der Waals surface area contributed by atoms with Crippen molar-refractivity contribution in [2.75, 3.05) is 0 Å². The van der Waals surface area contributed by atoms with Gasteiger partial charge >= 0.3 is 0 Å². The summed E-state index contributed by atoms with van der Waals surface area (Å²) in [6.45, 7) is 1.69. The number of phenolic OH excluding ortho intramolecular Hbond substituents is 2. The Morgan fingerprint density at radius 2 is 2.00 bits per heavy atom. The van der Waals surface area contributed by atoms with Gasteiger partial charge in [0.25, 0.3) is 5.56 Å². The number of fused-ring (bicyclic) bond motifs is 3. The van der Waals surface area contributed by atoms with Gasteiger partial charge < -0.3 is 15.2 Å². The highest BCUT2D eigenvalue weighted by molar-refractivity contribution is 6.04. The largest absolute Gasteiger partial charge is 0.508 e. The van der Waals surface area contributed by atoms with E-state index >= 15 is 0 Å². The summed E-state index contributed by atoms with van der Waals surface area (Å²) in [5.41, 5.74) is 1.87. The van der Waals surface area contributed by atoms with Crippen LogP contribution in [0.3, 0.4) is 0 Å². The molecule has 2 heterocycles. The van der Waals surface area contributed by atoms with Crippen LogP contribution in [0.25, 0.3) is 21.9 Å². The van der Waals surface area contributed by atoms with Crippen LogP contribution in [-0.2, 0) is 0 Å². The molecule has 0 aliphatic carbocycles. The highest BCUT2D eigenvalue weighted by Gasteiger charge is 2.12. The van der Waals surface area contributed by atoms with E-state index in [0.29, 0.717) is 22.4 Å². The van der Waals surface area contributed by atoms with Gasteiger partial charge in [-0.1, -0.05) is 18.2 Å². The molecule has 0 saturated carbocycles. The van der Waals surface area contributed by atoms with Crippen LogP contribution in [-0.4, -0.2) is 31.1 Å². The average Bonchev–Trinajstić information content (AvgIpc) is 2.95. The summed E-state index contributed by atoms with van der Waals surface area (Å²) < 4.78 is 1.17. The lowest BCUT2D eigenvalue weighted by Gasteiger charge is -2.04. The van der Waals surface area contributed by atoms with Crippen molar-refractivity contribution in [3.8, 4) is 11.5 Å². The number of nitrogens with one attached hydrogen (secondary N) is 1. The molecule has 2 aromatic heterocycles. The Kier molecular flexibility index (Phi) is 3.28. The molecule has 0 bridgehead atoms. The molecule has 25 heavy (non-hydrogen) atoms. The summed E-state index contributed by atoms with van der Waals surface area (Å²) in [7, 11) is 0. The Morgan fingerprint density at radius 1 is 1.20 bits per heavy atom. The van der Waals surface area contributed by atoms with Crippen LogP contribution in [0.1, 0.15) is 11.4 Å². The third-order valence-electron chi connectivity index (χ3n) is 3.99. The molecular weight excluding hydrogens is 320 g/mol. The smallest absolute Gasteiger partial charge is 0.298 e. The second-order valence-corrected chi connectivity index (χ2v) is 5.66. The second kappa shape index (κ2) is 5.48. The van der Waals surface area contributed by atoms with Crippen LogP contribution in [0, 0.1) is 6.92 Å². The quantitative estimate of drug-likeness (QED) is 0.490. The van der Waals surface area contributed by atoms with Crippen LogP contribution in [0.4, 0.5) is 0 Å². The first kappa shape index (κ1) is 14.9. The van der Waals surface area contributed by atoms with E-state index in [0.717, 1.165) is 10.9 Å². The van der Waals surface area contributed by atoms with Crippen molar-refractivity contribution in [1.29, 1.82) is 0 Å². The molecule has 0 unspecified atom stereocenters. The third kappa shape index (κ3) is 2.42. The van der Waals surface area contributed by atoms with Gasteiger partial charge in [-0.05, 0) is 25.1 Å². The van der Waals surface area contributed by atoms with Crippen LogP contribution < -0.4 is 5.56 Å². The molecule has 7 nitrogen and oxygen atoms in total. The number of aryl methyl sites for hydroxylation is 1. The Balaban J connectivity index is 1.88. The number of phenols is 2. The van der Waals surface area contributed by atoms with Gasteiger partial charge in [-0.2, -0.15) is 9.78 Å². The van der Waals surface area contributed by atoms with Gasteiger partial charge in [0.2, 0.25) is 0 Å². The maximum absolute atomic E-state index is 12.8. The number of benzene rings is 2. The fourth-order valence-electron chi connectivity index (χ4n) is 2.76. The Labute approximate surface area is 141 Å². The summed E-state index contributed by atoms with van der Waals surface area (Å²) in [4.78, 5) is 20.3. The first-order chi connectivity index (χ1) is 12.0. The zero-order valence-corrected chi connectivity index (χ0v) is 13.3. The maximum atomic E-state index is 12.8. The van der Waals surface area contributed by atoms with Crippen molar-refractivity contribution >= 4 is 28.2 Å². The van der Waals surface area contributed by atoms with E-state index in [1.807, 2.05) is 24.3 Å². The summed E-state index contributed by atoms with van der Waals surface area (Å²) in [5.74, 6) is 0.245. The first-order valence-corrected chi connectivity index (χ1v) is 7.61. The molecule has 124 valence electrons. The van der Waals surface area contributed by atoms with Gasteiger partial charge in [-0.3, -0.25) is 4.79 Å². The van der Waals surface area contributed by atoms with Crippen molar-refractivity contribution < 1.29 is 10.2 Å². The predicted molar refractivity (Wildman–Crippen MR) is 95.4 cm³/mol. The fraction of sp³-hybridized carbons (Fsp3) is 0.0556. The highest BCUT2D eigenvalue weighted by atomic mass is 16.3. The molecule has 4 aromatic rings. The Morgan fingerprint density at radius 3 is 2.80 bits per heavy atom. The lowest BCUT2D eigenvalue weighted by molar-refractivity contribution is 0.450. The van der Waals surface area contributed by atoms with Crippen LogP contribution in [0.15, 0.2) is 52.4 Å². The second-order valence-electron chi connectivity index (χ2n) is 5.66. The summed E-state index contributed by atoms with van der Waals surface area (Å²) >= 11 is 0. The molecule has 0 saturated heterocycles. The number of aromatic amines is 1. The summed E-state index contributed by atoms with van der Waals surface area (Å²) in [6, 6.07) is 11.7. The number of hydrogen-bond donors (Lipinski definition) is 3. The number of H-pyrrole nitrogens is 1. The number of para-hydroxylation sites is 1. The van der Waals surface area contributed by atoms with Gasteiger partial charge in [0.1, 0.15) is 28.4 Å². The normalized spacial score (nSPS) is 11.7. The van der Waals surface area contributed by atoms with Crippen molar-refractivity contribution in [2.45, 2.75) is 6.92 Å². The predicted octanol–water partition coefficient (Wildman–Crippen LogP) is 2.48. The minimum Gasteiger partial charge on any atom is -0.508 e. The van der Waals surface area contributed by atoms with Crippen molar-refractivity contribution in [2.24, 2.45) is 5.10 Å². The molecule has 2 aromatic carbocycles. The Bertz CT molecular complexity index is 1200. The average molecular weight is 334 g/mol. The highest BCUT2D eigenvalue weighted by Crippen LogP contribution is 2.22. The molecule has 0 aliphatic heterocycles. The molecular formula is C18H14N4O3. The molecule has 0 atom stereocenters. The lowest BCUT2D eigenvalue weighted by Crippen LogP contribution is -2.20. The molecule has 0 radical (unpaired) electrons. The van der Waals surface area contributed by atoms with E-state index in [4.69, 9.17) is 0 Å². The summed E-state index contributed by atoms with van der Waals surface area (Å²) in [6.07, 6.45) is 1.35. The van der Waals surface area contributed by atoms with Crippen LogP contribution >= 0.6 is 0 Å². The van der Waals surface area contributed by atoms with Gasteiger partial charge in [0, 0.05) is 22.5 Å². The van der Waals surface area contributed by atoms with Gasteiger partial charge in [-0.15, -0.1) is 0 Å². The SMILES string of the molecule is Cc1nc2c([nH]c3ccccc32)c(=O)n1N=Cc1ccc(O)cc1O. The topological polar surface area (TPSA) is 104 Å². The van der Waals surface area contributed by atoms with E-state index in [1.54, 1.807) is 6.92 Å². The zero-order chi connectivity index (χ0) is 17.6. The number of rotatable bonds is 2. The maximum Gasteiger partial charge on any atom is 0.298 e. The lowest BCUT2D eigenvalue weighted by atomic mass is 10.2. The van der Waals surface area contributed by atoms with Gasteiger partial charge in [0.05, 0.1) is 6.21 Å². The number of nitrogens with zero attached hydrogens (tertiary/aromatic N) is 3. The molecule has 0 amide bonds. The molecule has 0 aliphatic rings. The van der Waals surface area contributed by atoms with E-state index in [-0.39, 0.29) is 17.1 Å². The van der Waals surface area contributed by atoms with E-state index < -0.39 is 0 Å². The third-order valence-corrected chi connectivity index (χ3v) is 3.99. The Hall–Kier alpha value is -3.61. The minimum absolute atomic E-state index is 0.0517. The number of aromatic nitrogens is 3. The van der Waals surface area contributed by atoms with Crippen molar-refractivity contribution in [3.05, 3.63) is 64.2 Å². The molecule has 3 N–H and O–H groups in total. The van der Waals surface area contributed by atoms with Crippen LogP contribution in [0.5, 0.6) is 11.5 Å². The minimum atomic E-state index is -0.326. The standard InChI is InChI=1S/C18H14N4O3/c1-10-20-16-13-4-2-3-5-14(13)21-17(16)18(25)22(10)19-9-11-6-7-12(23)8-15(11)24/h2-9,21,23-24H,1H3. The van der Waals surface area contributed by atoms with E-state index in [2.05, 4.69) is 15.1 Å². The number of hydrogen-bond acceptors (Lipinski definition) is 5. The van der Waals surface area contributed by atoms with Crippen molar-refractivity contribution in [1.82, 2.24) is 14.6 Å².